The van der Waals surface area contributed by atoms with E-state index in [2.05, 4.69) is 4.90 Å². The number of sulfone groups is 1. The van der Waals surface area contributed by atoms with E-state index in [4.69, 9.17) is 0 Å². The van der Waals surface area contributed by atoms with Crippen LogP contribution in [0.15, 0.2) is 30.3 Å². The highest BCUT2D eigenvalue weighted by molar-refractivity contribution is 7.91. The normalized spacial score (nSPS) is 23.2. The zero-order chi connectivity index (χ0) is 19.4. The van der Waals surface area contributed by atoms with Crippen LogP contribution < -0.4 is 0 Å². The first-order valence-electron chi connectivity index (χ1n) is 9.71. The number of benzene rings is 1. The van der Waals surface area contributed by atoms with Gasteiger partial charge in [0, 0.05) is 24.1 Å². The minimum atomic E-state index is -3.01. The van der Waals surface area contributed by atoms with Crippen molar-refractivity contribution in [1.29, 1.82) is 0 Å². The maximum absolute atomic E-state index is 12.7. The monoisotopic (exact) mass is 392 g/mol. The summed E-state index contributed by atoms with van der Waals surface area (Å²) in [5.74, 6) is 0.454. The predicted molar refractivity (Wildman–Crippen MR) is 104 cm³/mol. The molecule has 6 nitrogen and oxygen atoms in total. The Morgan fingerprint density at radius 1 is 1.11 bits per heavy atom. The third-order valence-corrected chi connectivity index (χ3v) is 7.44. The lowest BCUT2D eigenvalue weighted by molar-refractivity contribution is -0.134. The Hall–Kier alpha value is -1.73. The number of amides is 1. The summed E-state index contributed by atoms with van der Waals surface area (Å²) in [6, 6.07) is 9.18. The standard InChI is InChI=1S/C20H28N2O4S/c1-2-22(18-10-13-27(25,26)15-18)19(23)14-21-11-8-17(9-12-21)20(24)16-6-4-3-5-7-16/h3-7,17-18H,2,8-15H2,1H3. The van der Waals surface area contributed by atoms with Gasteiger partial charge in [-0.25, -0.2) is 8.42 Å². The quantitative estimate of drug-likeness (QED) is 0.688. The molecule has 27 heavy (non-hydrogen) atoms. The van der Waals surface area contributed by atoms with Crippen molar-refractivity contribution >= 4 is 21.5 Å². The minimum absolute atomic E-state index is 0.00700. The molecule has 148 valence electrons. The summed E-state index contributed by atoms with van der Waals surface area (Å²) in [4.78, 5) is 29.1. The Kier molecular flexibility index (Phi) is 6.32. The summed E-state index contributed by atoms with van der Waals surface area (Å²) in [6.45, 7) is 4.16. The molecular weight excluding hydrogens is 364 g/mol. The lowest BCUT2D eigenvalue weighted by atomic mass is 9.89. The Morgan fingerprint density at radius 3 is 2.33 bits per heavy atom. The van der Waals surface area contributed by atoms with Gasteiger partial charge in [0.1, 0.15) is 0 Å². The molecule has 0 N–H and O–H groups in total. The Labute approximate surface area is 161 Å². The van der Waals surface area contributed by atoms with Gasteiger partial charge in [-0.2, -0.15) is 0 Å². The number of hydrogen-bond donors (Lipinski definition) is 0. The second-order valence-electron chi connectivity index (χ2n) is 7.52. The summed E-state index contributed by atoms with van der Waals surface area (Å²) in [6.07, 6.45) is 2.05. The van der Waals surface area contributed by atoms with Gasteiger partial charge in [-0.1, -0.05) is 30.3 Å². The first-order valence-corrected chi connectivity index (χ1v) is 11.5. The van der Waals surface area contributed by atoms with Crippen molar-refractivity contribution in [2.75, 3.05) is 37.7 Å². The van der Waals surface area contributed by atoms with Crippen molar-refractivity contribution in [1.82, 2.24) is 9.80 Å². The number of nitrogens with zero attached hydrogens (tertiary/aromatic N) is 2. The topological polar surface area (TPSA) is 74.8 Å². The smallest absolute Gasteiger partial charge is 0.237 e. The number of likely N-dealkylation sites (N-methyl/N-ethyl adjacent to an activating group) is 1. The van der Waals surface area contributed by atoms with Crippen molar-refractivity contribution in [3.05, 3.63) is 35.9 Å². The molecule has 0 bridgehead atoms. The van der Waals surface area contributed by atoms with E-state index in [1.54, 1.807) is 4.90 Å². The van der Waals surface area contributed by atoms with Gasteiger partial charge in [0.05, 0.1) is 18.1 Å². The van der Waals surface area contributed by atoms with Crippen molar-refractivity contribution in [2.24, 2.45) is 5.92 Å². The molecule has 2 heterocycles. The van der Waals surface area contributed by atoms with Crippen LogP contribution in [-0.4, -0.2) is 73.6 Å². The first-order chi connectivity index (χ1) is 12.9. The average molecular weight is 393 g/mol. The van der Waals surface area contributed by atoms with Gasteiger partial charge < -0.3 is 4.90 Å². The molecule has 0 spiro atoms. The number of carbonyl (C=O) groups is 2. The number of likely N-dealkylation sites (tertiary alicyclic amines) is 1. The minimum Gasteiger partial charge on any atom is -0.338 e. The third kappa shape index (κ3) is 4.96. The van der Waals surface area contributed by atoms with Crippen LogP contribution in [0.3, 0.4) is 0 Å². The fourth-order valence-electron chi connectivity index (χ4n) is 4.13. The van der Waals surface area contributed by atoms with Gasteiger partial charge in [-0.3, -0.25) is 14.5 Å². The molecule has 1 unspecified atom stereocenters. The summed E-state index contributed by atoms with van der Waals surface area (Å²) in [5, 5.41) is 0. The fourth-order valence-corrected chi connectivity index (χ4v) is 5.86. The molecule has 0 saturated carbocycles. The molecule has 1 aromatic carbocycles. The number of hydrogen-bond acceptors (Lipinski definition) is 5. The van der Waals surface area contributed by atoms with E-state index in [0.717, 1.165) is 31.5 Å². The Balaban J connectivity index is 1.51. The number of carbonyl (C=O) groups excluding carboxylic acids is 2. The maximum atomic E-state index is 12.7. The molecule has 2 aliphatic heterocycles. The van der Waals surface area contributed by atoms with Crippen LogP contribution in [0.2, 0.25) is 0 Å². The number of piperidine rings is 1. The first kappa shape index (κ1) is 20.0. The molecule has 1 aromatic rings. The van der Waals surface area contributed by atoms with Crippen LogP contribution in [0.4, 0.5) is 0 Å². The summed E-state index contributed by atoms with van der Waals surface area (Å²) in [5.41, 5.74) is 0.756. The molecule has 2 aliphatic rings. The van der Waals surface area contributed by atoms with Crippen LogP contribution >= 0.6 is 0 Å². The summed E-state index contributed by atoms with van der Waals surface area (Å²) in [7, 11) is -3.01. The summed E-state index contributed by atoms with van der Waals surface area (Å²) < 4.78 is 23.4. The van der Waals surface area contributed by atoms with Crippen molar-refractivity contribution in [2.45, 2.75) is 32.2 Å². The van der Waals surface area contributed by atoms with Crippen LogP contribution in [-0.2, 0) is 14.6 Å². The van der Waals surface area contributed by atoms with E-state index in [1.807, 2.05) is 37.3 Å². The highest BCUT2D eigenvalue weighted by Gasteiger charge is 2.35. The van der Waals surface area contributed by atoms with Crippen molar-refractivity contribution < 1.29 is 18.0 Å². The maximum Gasteiger partial charge on any atom is 0.237 e. The second-order valence-corrected chi connectivity index (χ2v) is 9.75. The molecule has 2 saturated heterocycles. The van der Waals surface area contributed by atoms with Gasteiger partial charge in [-0.15, -0.1) is 0 Å². The summed E-state index contributed by atoms with van der Waals surface area (Å²) >= 11 is 0. The van der Waals surface area contributed by atoms with Gasteiger partial charge in [0.15, 0.2) is 15.6 Å². The molecule has 7 heteroatoms. The molecule has 1 amide bonds. The molecule has 3 rings (SSSR count). The van der Waals surface area contributed by atoms with Crippen LogP contribution in [0, 0.1) is 5.92 Å². The zero-order valence-corrected chi connectivity index (χ0v) is 16.7. The zero-order valence-electron chi connectivity index (χ0n) is 15.8. The highest BCUT2D eigenvalue weighted by Crippen LogP contribution is 2.23. The van der Waals surface area contributed by atoms with E-state index in [-0.39, 0.29) is 35.2 Å². The SMILES string of the molecule is CCN(C(=O)CN1CCC(C(=O)c2ccccc2)CC1)C1CCS(=O)(=O)C1. The van der Waals surface area contributed by atoms with Crippen LogP contribution in [0.5, 0.6) is 0 Å². The van der Waals surface area contributed by atoms with E-state index in [1.165, 1.54) is 0 Å². The van der Waals surface area contributed by atoms with E-state index < -0.39 is 9.84 Å². The predicted octanol–water partition coefficient (Wildman–Crippen LogP) is 1.62. The largest absolute Gasteiger partial charge is 0.338 e. The average Bonchev–Trinajstić information content (AvgIpc) is 3.02. The van der Waals surface area contributed by atoms with Gasteiger partial charge in [0.2, 0.25) is 5.91 Å². The van der Waals surface area contributed by atoms with Crippen LogP contribution in [0.1, 0.15) is 36.5 Å². The lowest BCUT2D eigenvalue weighted by Gasteiger charge is -2.34. The molecular formula is C20H28N2O4S. The lowest BCUT2D eigenvalue weighted by Crippen LogP contribution is -2.48. The Bertz CT molecular complexity index is 770. The molecule has 0 aliphatic carbocycles. The van der Waals surface area contributed by atoms with E-state index in [9.17, 15) is 18.0 Å². The fraction of sp³-hybridized carbons (Fsp3) is 0.600. The second kappa shape index (κ2) is 8.52. The van der Waals surface area contributed by atoms with Crippen molar-refractivity contribution in [3.63, 3.8) is 0 Å². The van der Waals surface area contributed by atoms with Crippen LogP contribution in [0.25, 0.3) is 0 Å². The third-order valence-electron chi connectivity index (χ3n) is 5.69. The van der Waals surface area contributed by atoms with Gasteiger partial charge >= 0.3 is 0 Å². The Morgan fingerprint density at radius 2 is 1.78 bits per heavy atom. The molecule has 0 radical (unpaired) electrons. The van der Waals surface area contributed by atoms with Crippen molar-refractivity contribution in [3.8, 4) is 0 Å². The number of rotatable bonds is 6. The number of ketones is 1. The van der Waals surface area contributed by atoms with E-state index in [0.29, 0.717) is 19.5 Å². The van der Waals surface area contributed by atoms with E-state index >= 15 is 0 Å². The molecule has 2 fully saturated rings. The molecule has 0 aromatic heterocycles. The number of Topliss-reactive ketones (excluding diaryl/α,β-unsaturated/α-hetero) is 1. The highest BCUT2D eigenvalue weighted by atomic mass is 32.2. The van der Waals surface area contributed by atoms with Gasteiger partial charge in [0.25, 0.3) is 0 Å². The molecule has 1 atom stereocenters. The van der Waals surface area contributed by atoms with Gasteiger partial charge in [-0.05, 0) is 39.3 Å².